The molecule has 0 radical (unpaired) electrons. The fourth-order valence-electron chi connectivity index (χ4n) is 1.30. The molecule has 14 heavy (non-hydrogen) atoms. The van der Waals surface area contributed by atoms with Gasteiger partial charge < -0.3 is 5.73 Å². The summed E-state index contributed by atoms with van der Waals surface area (Å²) in [6, 6.07) is 0. The third kappa shape index (κ3) is 1.26. The van der Waals surface area contributed by atoms with Crippen molar-refractivity contribution in [1.82, 2.24) is 19.6 Å². The summed E-state index contributed by atoms with van der Waals surface area (Å²) < 4.78 is 1.87. The Kier molecular flexibility index (Phi) is 1.96. The minimum absolute atomic E-state index is 0.444. The maximum Gasteiger partial charge on any atom is 0.179 e. The van der Waals surface area contributed by atoms with Gasteiger partial charge in [0.1, 0.15) is 0 Å². The minimum Gasteiger partial charge on any atom is -0.319 e. The van der Waals surface area contributed by atoms with Gasteiger partial charge in [-0.25, -0.2) is 0 Å². The molecule has 1 atom stereocenters. The molecule has 0 amide bonds. The highest BCUT2D eigenvalue weighted by atomic mass is 15.3. The van der Waals surface area contributed by atoms with Crippen LogP contribution in [0.1, 0.15) is 26.1 Å². The van der Waals surface area contributed by atoms with Crippen molar-refractivity contribution in [3.63, 3.8) is 0 Å². The van der Waals surface area contributed by atoms with Crippen LogP contribution < -0.4 is 5.73 Å². The Morgan fingerprint density at radius 1 is 1.50 bits per heavy atom. The van der Waals surface area contributed by atoms with Crippen LogP contribution in [0.2, 0.25) is 0 Å². The van der Waals surface area contributed by atoms with Crippen molar-refractivity contribution >= 4 is 5.65 Å². The Morgan fingerprint density at radius 2 is 2.29 bits per heavy atom. The van der Waals surface area contributed by atoms with Gasteiger partial charge in [0.15, 0.2) is 11.5 Å². The van der Waals surface area contributed by atoms with E-state index in [0.29, 0.717) is 0 Å². The minimum atomic E-state index is -0.444. The van der Waals surface area contributed by atoms with Crippen molar-refractivity contribution in [2.45, 2.75) is 25.8 Å². The predicted molar refractivity (Wildman–Crippen MR) is 52.6 cm³/mol. The summed E-state index contributed by atoms with van der Waals surface area (Å²) in [5, 5.41) is 8.09. The summed E-state index contributed by atoms with van der Waals surface area (Å²) in [7, 11) is 0. The number of hydrogen-bond donors (Lipinski definition) is 1. The largest absolute Gasteiger partial charge is 0.319 e. The number of nitrogens with zero attached hydrogens (tertiary/aromatic N) is 4. The smallest absolute Gasteiger partial charge is 0.179 e. The summed E-state index contributed by atoms with van der Waals surface area (Å²) in [6.07, 6.45) is 6.01. The van der Waals surface area contributed by atoms with Crippen LogP contribution in [0.15, 0.2) is 18.6 Å². The summed E-state index contributed by atoms with van der Waals surface area (Å²) in [4.78, 5) is 3.97. The fourth-order valence-corrected chi connectivity index (χ4v) is 1.30. The van der Waals surface area contributed by atoms with Crippen LogP contribution in [-0.2, 0) is 5.54 Å². The zero-order chi connectivity index (χ0) is 10.2. The molecule has 2 heterocycles. The van der Waals surface area contributed by atoms with Crippen molar-refractivity contribution in [2.24, 2.45) is 5.73 Å². The SMILES string of the molecule is CCC(C)(N)c1nnc2cnccn12. The fraction of sp³-hybridized carbons (Fsp3) is 0.444. The van der Waals surface area contributed by atoms with Gasteiger partial charge in [0.25, 0.3) is 0 Å². The van der Waals surface area contributed by atoms with E-state index in [4.69, 9.17) is 5.73 Å². The van der Waals surface area contributed by atoms with E-state index in [0.717, 1.165) is 17.9 Å². The average molecular weight is 191 g/mol. The molecule has 0 aliphatic rings. The van der Waals surface area contributed by atoms with Gasteiger partial charge in [-0.1, -0.05) is 6.92 Å². The van der Waals surface area contributed by atoms with E-state index in [2.05, 4.69) is 15.2 Å². The molecule has 0 aliphatic heterocycles. The Hall–Kier alpha value is -1.49. The molecule has 2 aromatic rings. The van der Waals surface area contributed by atoms with Crippen molar-refractivity contribution in [3.05, 3.63) is 24.4 Å². The molecule has 0 aliphatic carbocycles. The Labute approximate surface area is 82.0 Å². The molecule has 2 aromatic heterocycles. The number of aromatic nitrogens is 4. The number of hydrogen-bond acceptors (Lipinski definition) is 4. The molecule has 74 valence electrons. The average Bonchev–Trinajstić information content (AvgIpc) is 2.61. The van der Waals surface area contributed by atoms with Crippen LogP contribution in [0.25, 0.3) is 5.65 Å². The van der Waals surface area contributed by atoms with Crippen LogP contribution in [0.4, 0.5) is 0 Å². The monoisotopic (exact) mass is 191 g/mol. The van der Waals surface area contributed by atoms with E-state index in [1.165, 1.54) is 0 Å². The molecule has 0 bridgehead atoms. The highest BCUT2D eigenvalue weighted by molar-refractivity contribution is 5.35. The van der Waals surface area contributed by atoms with E-state index in [9.17, 15) is 0 Å². The first-order valence-electron chi connectivity index (χ1n) is 4.59. The van der Waals surface area contributed by atoms with E-state index < -0.39 is 5.54 Å². The first-order chi connectivity index (χ1) is 6.65. The van der Waals surface area contributed by atoms with Gasteiger partial charge in [-0.05, 0) is 13.3 Å². The highest BCUT2D eigenvalue weighted by Crippen LogP contribution is 2.19. The quantitative estimate of drug-likeness (QED) is 0.759. The van der Waals surface area contributed by atoms with Gasteiger partial charge in [-0.2, -0.15) is 0 Å². The van der Waals surface area contributed by atoms with E-state index in [-0.39, 0.29) is 0 Å². The molecule has 0 fully saturated rings. The first-order valence-corrected chi connectivity index (χ1v) is 4.59. The van der Waals surface area contributed by atoms with E-state index in [1.54, 1.807) is 12.4 Å². The standard InChI is InChI=1S/C9H13N5/c1-3-9(2,10)8-13-12-7-6-11-4-5-14(7)8/h4-6H,3,10H2,1-2H3. The van der Waals surface area contributed by atoms with Gasteiger partial charge in [0.05, 0.1) is 11.7 Å². The Bertz CT molecular complexity index is 445. The topological polar surface area (TPSA) is 69.1 Å². The third-order valence-electron chi connectivity index (χ3n) is 2.46. The van der Waals surface area contributed by atoms with Crippen LogP contribution in [0, 0.1) is 0 Å². The summed E-state index contributed by atoms with van der Waals surface area (Å²) in [6.45, 7) is 3.98. The van der Waals surface area contributed by atoms with Crippen molar-refractivity contribution in [1.29, 1.82) is 0 Å². The van der Waals surface area contributed by atoms with Crippen LogP contribution >= 0.6 is 0 Å². The van der Waals surface area contributed by atoms with Crippen LogP contribution in [0.5, 0.6) is 0 Å². The predicted octanol–water partition coefficient (Wildman–Crippen LogP) is 0.708. The molecule has 5 heteroatoms. The second-order valence-corrected chi connectivity index (χ2v) is 3.60. The van der Waals surface area contributed by atoms with Gasteiger partial charge in [0, 0.05) is 12.4 Å². The van der Waals surface area contributed by atoms with Gasteiger partial charge in [-0.15, -0.1) is 10.2 Å². The van der Waals surface area contributed by atoms with Crippen molar-refractivity contribution in [2.75, 3.05) is 0 Å². The third-order valence-corrected chi connectivity index (χ3v) is 2.46. The zero-order valence-electron chi connectivity index (χ0n) is 8.31. The summed E-state index contributed by atoms with van der Waals surface area (Å²) in [5.41, 5.74) is 6.39. The van der Waals surface area contributed by atoms with Gasteiger partial charge >= 0.3 is 0 Å². The second-order valence-electron chi connectivity index (χ2n) is 3.60. The Balaban J connectivity index is 2.64. The number of nitrogens with two attached hydrogens (primary N) is 1. The maximum atomic E-state index is 6.10. The summed E-state index contributed by atoms with van der Waals surface area (Å²) in [5.74, 6) is 0.775. The summed E-state index contributed by atoms with van der Waals surface area (Å²) >= 11 is 0. The van der Waals surface area contributed by atoms with Crippen LogP contribution in [0.3, 0.4) is 0 Å². The zero-order valence-corrected chi connectivity index (χ0v) is 8.31. The first kappa shape index (κ1) is 9.08. The molecule has 5 nitrogen and oxygen atoms in total. The van der Waals surface area contributed by atoms with Crippen molar-refractivity contribution in [3.8, 4) is 0 Å². The van der Waals surface area contributed by atoms with Gasteiger partial charge in [-0.3, -0.25) is 9.38 Å². The molecule has 0 aromatic carbocycles. The molecule has 1 unspecified atom stereocenters. The molecular weight excluding hydrogens is 178 g/mol. The highest BCUT2D eigenvalue weighted by Gasteiger charge is 2.24. The normalized spacial score (nSPS) is 15.6. The van der Waals surface area contributed by atoms with Crippen molar-refractivity contribution < 1.29 is 0 Å². The van der Waals surface area contributed by atoms with Crippen LogP contribution in [-0.4, -0.2) is 19.6 Å². The van der Waals surface area contributed by atoms with E-state index in [1.807, 2.05) is 24.4 Å². The molecule has 0 saturated carbocycles. The maximum absolute atomic E-state index is 6.10. The number of fused-ring (bicyclic) bond motifs is 1. The molecular formula is C9H13N5. The lowest BCUT2D eigenvalue weighted by atomic mass is 10.00. The lowest BCUT2D eigenvalue weighted by molar-refractivity contribution is 0.441. The molecule has 0 saturated heterocycles. The number of rotatable bonds is 2. The molecule has 0 spiro atoms. The Morgan fingerprint density at radius 3 is 3.00 bits per heavy atom. The lowest BCUT2D eigenvalue weighted by Crippen LogP contribution is -2.34. The molecule has 2 rings (SSSR count). The van der Waals surface area contributed by atoms with Gasteiger partial charge in [0.2, 0.25) is 0 Å². The second kappa shape index (κ2) is 3.02. The molecule has 2 N–H and O–H groups in total. The lowest BCUT2D eigenvalue weighted by Gasteiger charge is -2.19. The van der Waals surface area contributed by atoms with E-state index >= 15 is 0 Å².